The van der Waals surface area contributed by atoms with E-state index in [0.29, 0.717) is 17.8 Å². The summed E-state index contributed by atoms with van der Waals surface area (Å²) >= 11 is 0. The van der Waals surface area contributed by atoms with Crippen molar-refractivity contribution < 1.29 is 38.5 Å². The highest BCUT2D eigenvalue weighted by Crippen LogP contribution is 2.39. The Labute approximate surface area is 238 Å². The summed E-state index contributed by atoms with van der Waals surface area (Å²) in [5.74, 6) is -1.89. The highest BCUT2D eigenvalue weighted by atomic mass is 16.6. The summed E-state index contributed by atoms with van der Waals surface area (Å²) in [6, 6.07) is 0. The molecule has 2 heterocycles. The van der Waals surface area contributed by atoms with Crippen molar-refractivity contribution >= 4 is 29.1 Å². The van der Waals surface area contributed by atoms with Gasteiger partial charge in [0.15, 0.2) is 6.61 Å². The van der Waals surface area contributed by atoms with E-state index in [-0.39, 0.29) is 49.8 Å². The van der Waals surface area contributed by atoms with Crippen molar-refractivity contribution in [1.29, 1.82) is 0 Å². The Kier molecular flexibility index (Phi) is 11.6. The molecule has 2 saturated heterocycles. The monoisotopic (exact) mass is 562 g/mol. The molecule has 2 aliphatic rings. The Morgan fingerprint density at radius 1 is 1.15 bits per heavy atom. The fourth-order valence-electron chi connectivity index (χ4n) is 5.92. The Morgan fingerprint density at radius 3 is 2.38 bits per heavy atom. The number of amides is 1. The van der Waals surface area contributed by atoms with Gasteiger partial charge < -0.3 is 24.2 Å². The first-order valence-corrected chi connectivity index (χ1v) is 14.0. The maximum atomic E-state index is 13.5. The summed E-state index contributed by atoms with van der Waals surface area (Å²) in [4.78, 5) is 48.7. The van der Waals surface area contributed by atoms with Crippen LogP contribution in [0.15, 0.2) is 10.1 Å². The molecular formula is C30H46N2O8. The van der Waals surface area contributed by atoms with E-state index in [9.17, 15) is 19.5 Å². The van der Waals surface area contributed by atoms with E-state index < -0.39 is 47.1 Å². The number of hydrogen-bond acceptors (Lipinski definition) is 9. The molecule has 10 heteroatoms. The van der Waals surface area contributed by atoms with Crippen LogP contribution in [0.4, 0.5) is 0 Å². The van der Waals surface area contributed by atoms with E-state index in [2.05, 4.69) is 16.1 Å². The number of oxime groups is 1. The van der Waals surface area contributed by atoms with Gasteiger partial charge in [-0.2, -0.15) is 0 Å². The summed E-state index contributed by atoms with van der Waals surface area (Å²) < 4.78 is 18.6. The molecule has 2 aliphatic heterocycles. The zero-order valence-corrected chi connectivity index (χ0v) is 25.4. The van der Waals surface area contributed by atoms with E-state index in [1.807, 2.05) is 27.7 Å². The zero-order chi connectivity index (χ0) is 30.4. The lowest BCUT2D eigenvalue weighted by Gasteiger charge is -2.44. The molecule has 224 valence electrons. The van der Waals surface area contributed by atoms with Crippen molar-refractivity contribution in [2.45, 2.75) is 98.6 Å². The second kappa shape index (κ2) is 13.8. The molecule has 40 heavy (non-hydrogen) atoms. The largest absolute Gasteiger partial charge is 0.459 e. The van der Waals surface area contributed by atoms with Crippen LogP contribution in [-0.4, -0.2) is 77.4 Å². The Bertz CT molecular complexity index is 1040. The molecule has 2 bridgehead atoms. The third-order valence-corrected chi connectivity index (χ3v) is 8.56. The molecule has 0 aromatic rings. The minimum atomic E-state index is -1.74. The lowest BCUT2D eigenvalue weighted by molar-refractivity contribution is -0.192. The topological polar surface area (TPSA) is 133 Å². The number of nitrogens with zero attached hydrogens (tertiary/aromatic N) is 2. The summed E-state index contributed by atoms with van der Waals surface area (Å²) in [5.41, 5.74) is -1.75. The Balaban J connectivity index is 2.87. The van der Waals surface area contributed by atoms with Gasteiger partial charge in [0, 0.05) is 24.5 Å². The summed E-state index contributed by atoms with van der Waals surface area (Å²) in [6.45, 7) is 15.4. The molecule has 0 aliphatic carbocycles. The predicted molar refractivity (Wildman–Crippen MR) is 151 cm³/mol. The van der Waals surface area contributed by atoms with Gasteiger partial charge in [-0.1, -0.05) is 45.7 Å². The van der Waals surface area contributed by atoms with Crippen LogP contribution in [0.5, 0.6) is 0 Å². The van der Waals surface area contributed by atoms with Crippen LogP contribution >= 0.6 is 0 Å². The molecular weight excluding hydrogens is 516 g/mol. The number of carbonyl (C=O) groups excluding carboxylic acids is 3. The number of aliphatic imine (C=N–C) groups is 1. The van der Waals surface area contributed by atoms with E-state index in [0.717, 1.165) is 0 Å². The van der Waals surface area contributed by atoms with Crippen LogP contribution in [0.1, 0.15) is 75.2 Å². The molecule has 0 saturated carbocycles. The van der Waals surface area contributed by atoms with Gasteiger partial charge in [0.05, 0.1) is 24.9 Å². The molecule has 0 aromatic carbocycles. The Morgan fingerprint density at radius 2 is 1.80 bits per heavy atom. The second-order valence-electron chi connectivity index (χ2n) is 11.7. The summed E-state index contributed by atoms with van der Waals surface area (Å²) in [5, 5.41) is 16.1. The number of Topliss-reactive ketones (excluding diaryl/α,β-unsaturated/α-hetero) is 1. The predicted octanol–water partition coefficient (Wildman–Crippen LogP) is 3.38. The van der Waals surface area contributed by atoms with Crippen LogP contribution in [0.3, 0.4) is 0 Å². The van der Waals surface area contributed by atoms with E-state index in [4.69, 9.17) is 25.5 Å². The number of terminal acetylenes is 1. The van der Waals surface area contributed by atoms with Crippen molar-refractivity contribution in [3.05, 3.63) is 0 Å². The molecule has 10 nitrogen and oxygen atoms in total. The first-order valence-electron chi connectivity index (χ1n) is 14.0. The number of fused-ring (bicyclic) bond motifs is 5. The first kappa shape index (κ1) is 33.6. The highest BCUT2D eigenvalue weighted by Gasteiger charge is 2.50. The van der Waals surface area contributed by atoms with Gasteiger partial charge in [-0.25, -0.2) is 4.99 Å². The number of cyclic esters (lactones) is 1. The van der Waals surface area contributed by atoms with Crippen LogP contribution in [0.25, 0.3) is 0 Å². The molecule has 0 radical (unpaired) electrons. The second-order valence-corrected chi connectivity index (χ2v) is 11.7. The van der Waals surface area contributed by atoms with E-state index in [1.54, 1.807) is 13.8 Å². The highest BCUT2D eigenvalue weighted by molar-refractivity contribution is 6.00. The molecule has 1 amide bonds. The average molecular weight is 563 g/mol. The standard InChI is InChI=1S/C30H46N2O8/c1-11-13-39-32-23-15-37-27-19(5)25(31-22(8)33)17(3)14-29(9,38-16-23)21(7)18(4)26(34)20(6)28(35)40-24(12-2)30(27,10)36/h1,17-21,24,27,36H,12-16H2,2-10H3/b31-25?,32-23+/t17-,18-,19+,20-,21-,24-,27-,29-,30-/m1/s1. The van der Waals surface area contributed by atoms with Gasteiger partial charge in [-0.15, -0.1) is 6.42 Å². The SMILES string of the molecule is C#CCO/N=C1\CO[C@@H]2[C@@H](C)C(=NC(C)=O)[C@H](C)C[C@@](C)(OC1)[C@H](C)[C@@H](C)C(=O)[C@@H](C)C(=O)O[C@H](CC)[C@@]2(C)O. The molecule has 2 fully saturated rings. The minimum absolute atomic E-state index is 0.00363. The van der Waals surface area contributed by atoms with Gasteiger partial charge in [0.2, 0.25) is 5.91 Å². The molecule has 0 aromatic heterocycles. The first-order chi connectivity index (χ1) is 18.6. The zero-order valence-electron chi connectivity index (χ0n) is 25.4. The van der Waals surface area contributed by atoms with Gasteiger partial charge in [0.1, 0.15) is 29.1 Å². The number of esters is 1. The molecule has 2 rings (SSSR count). The molecule has 1 N–H and O–H groups in total. The van der Waals surface area contributed by atoms with E-state index in [1.165, 1.54) is 20.8 Å². The maximum absolute atomic E-state index is 13.5. The number of aliphatic hydroxyl groups is 1. The number of ether oxygens (including phenoxy) is 3. The van der Waals surface area contributed by atoms with Gasteiger partial charge in [-0.3, -0.25) is 14.4 Å². The summed E-state index contributed by atoms with van der Waals surface area (Å²) in [7, 11) is 0. The number of rotatable bonds is 3. The Hall–Kier alpha value is -2.61. The average Bonchev–Trinajstić information content (AvgIpc) is 2.91. The lowest BCUT2D eigenvalue weighted by atomic mass is 9.70. The normalized spacial score (nSPS) is 40.4. The third kappa shape index (κ3) is 7.56. The molecule has 0 unspecified atom stereocenters. The quantitative estimate of drug-likeness (QED) is 0.182. The van der Waals surface area contributed by atoms with Crippen molar-refractivity contribution in [1.82, 2.24) is 0 Å². The van der Waals surface area contributed by atoms with Gasteiger partial charge in [-0.05, 0) is 45.4 Å². The number of hydrogen-bond donors (Lipinski definition) is 1. The lowest BCUT2D eigenvalue weighted by Crippen LogP contribution is -2.57. The van der Waals surface area contributed by atoms with Crippen molar-refractivity contribution in [2.75, 3.05) is 19.8 Å². The number of carbonyl (C=O) groups is 3. The van der Waals surface area contributed by atoms with Crippen LogP contribution in [0.2, 0.25) is 0 Å². The smallest absolute Gasteiger partial charge is 0.316 e. The van der Waals surface area contributed by atoms with Crippen LogP contribution in [0, 0.1) is 41.9 Å². The number of ketones is 1. The molecule has 0 spiro atoms. The third-order valence-electron chi connectivity index (χ3n) is 8.56. The van der Waals surface area contributed by atoms with Crippen LogP contribution < -0.4 is 0 Å². The van der Waals surface area contributed by atoms with Crippen LogP contribution in [-0.2, 0) is 33.4 Å². The fraction of sp³-hybridized carbons (Fsp3) is 0.767. The minimum Gasteiger partial charge on any atom is -0.459 e. The summed E-state index contributed by atoms with van der Waals surface area (Å²) in [6.07, 6.45) is 3.96. The van der Waals surface area contributed by atoms with Gasteiger partial charge >= 0.3 is 5.97 Å². The van der Waals surface area contributed by atoms with Crippen molar-refractivity contribution in [3.63, 3.8) is 0 Å². The van der Waals surface area contributed by atoms with E-state index >= 15 is 0 Å². The van der Waals surface area contributed by atoms with Crippen molar-refractivity contribution in [3.8, 4) is 12.3 Å². The molecule has 9 atom stereocenters. The maximum Gasteiger partial charge on any atom is 0.316 e. The van der Waals surface area contributed by atoms with Gasteiger partial charge in [0.25, 0.3) is 0 Å². The van der Waals surface area contributed by atoms with Crippen molar-refractivity contribution in [2.24, 2.45) is 39.7 Å². The fourth-order valence-corrected chi connectivity index (χ4v) is 5.92.